The number of hydrogen-bond donors (Lipinski definition) is 1. The standard InChI is InChI=1S/C15H19BrN2O3/c1-15(14(20)21)5-2-6-17(9-15)13(19)12-7-10(16)8-18(12)11-3-4-11/h7-8,11H,2-6,9H2,1H3,(H,20,21). The Morgan fingerprint density at radius 3 is 2.76 bits per heavy atom. The largest absolute Gasteiger partial charge is 0.481 e. The number of nitrogens with zero attached hydrogens (tertiary/aromatic N) is 2. The lowest BCUT2D eigenvalue weighted by Gasteiger charge is -2.37. The third-order valence-corrected chi connectivity index (χ3v) is 4.91. The molecule has 1 atom stereocenters. The summed E-state index contributed by atoms with van der Waals surface area (Å²) in [6, 6.07) is 2.26. The summed E-state index contributed by atoms with van der Waals surface area (Å²) in [5, 5.41) is 9.37. The third kappa shape index (κ3) is 2.73. The lowest BCUT2D eigenvalue weighted by Crippen LogP contribution is -2.48. The molecule has 1 saturated heterocycles. The fourth-order valence-electron chi connectivity index (χ4n) is 3.02. The molecular formula is C15H19BrN2O3. The molecule has 0 aromatic carbocycles. The second kappa shape index (κ2) is 5.16. The number of carboxylic acids is 1. The summed E-state index contributed by atoms with van der Waals surface area (Å²) in [6.07, 6.45) is 5.52. The van der Waals surface area contributed by atoms with E-state index in [1.165, 1.54) is 0 Å². The van der Waals surface area contributed by atoms with E-state index in [2.05, 4.69) is 15.9 Å². The molecule has 6 heteroatoms. The smallest absolute Gasteiger partial charge is 0.311 e. The zero-order valence-electron chi connectivity index (χ0n) is 12.0. The number of carboxylic acid groups (broad SMARTS) is 1. The summed E-state index contributed by atoms with van der Waals surface area (Å²) in [5.41, 5.74) is -0.165. The number of rotatable bonds is 3. The van der Waals surface area contributed by atoms with E-state index in [0.29, 0.717) is 24.7 Å². The molecule has 0 bridgehead atoms. The summed E-state index contributed by atoms with van der Waals surface area (Å²) in [4.78, 5) is 25.9. The molecule has 0 spiro atoms. The van der Waals surface area contributed by atoms with Crippen LogP contribution in [0.3, 0.4) is 0 Å². The highest BCUT2D eigenvalue weighted by molar-refractivity contribution is 9.10. The van der Waals surface area contributed by atoms with Crippen LogP contribution in [0.5, 0.6) is 0 Å². The molecule has 1 aromatic heterocycles. The van der Waals surface area contributed by atoms with Gasteiger partial charge >= 0.3 is 5.97 Å². The highest BCUT2D eigenvalue weighted by atomic mass is 79.9. The maximum absolute atomic E-state index is 12.8. The van der Waals surface area contributed by atoms with E-state index >= 15 is 0 Å². The topological polar surface area (TPSA) is 62.5 Å². The van der Waals surface area contributed by atoms with E-state index in [-0.39, 0.29) is 12.5 Å². The van der Waals surface area contributed by atoms with E-state index < -0.39 is 11.4 Å². The van der Waals surface area contributed by atoms with Crippen molar-refractivity contribution in [2.45, 2.75) is 38.6 Å². The van der Waals surface area contributed by atoms with Gasteiger partial charge in [-0.1, -0.05) is 0 Å². The molecule has 1 N–H and O–H groups in total. The Kier molecular flexibility index (Phi) is 3.59. The van der Waals surface area contributed by atoms with Crippen LogP contribution in [0.4, 0.5) is 0 Å². The van der Waals surface area contributed by atoms with Gasteiger partial charge in [-0.15, -0.1) is 0 Å². The summed E-state index contributed by atoms with van der Waals surface area (Å²) < 4.78 is 2.93. The first-order valence-electron chi connectivity index (χ1n) is 7.31. The highest BCUT2D eigenvalue weighted by Gasteiger charge is 2.40. The van der Waals surface area contributed by atoms with Crippen molar-refractivity contribution in [3.05, 3.63) is 22.4 Å². The van der Waals surface area contributed by atoms with Gasteiger partial charge in [-0.25, -0.2) is 0 Å². The first-order valence-corrected chi connectivity index (χ1v) is 8.10. The SMILES string of the molecule is CC1(C(=O)O)CCCN(C(=O)c2cc(Br)cn2C2CC2)C1. The Labute approximate surface area is 132 Å². The number of carbonyl (C=O) groups is 2. The summed E-state index contributed by atoms with van der Waals surface area (Å²) in [6.45, 7) is 2.65. The van der Waals surface area contributed by atoms with E-state index in [4.69, 9.17) is 0 Å². The number of carbonyl (C=O) groups excluding carboxylic acids is 1. The van der Waals surface area contributed by atoms with Gasteiger partial charge in [0.2, 0.25) is 0 Å². The third-order valence-electron chi connectivity index (χ3n) is 4.47. The van der Waals surface area contributed by atoms with Gasteiger partial charge in [0, 0.05) is 29.8 Å². The van der Waals surface area contributed by atoms with Gasteiger partial charge < -0.3 is 14.6 Å². The Bertz CT molecular complexity index is 594. The van der Waals surface area contributed by atoms with Crippen LogP contribution in [-0.2, 0) is 4.79 Å². The van der Waals surface area contributed by atoms with Crippen molar-refractivity contribution in [2.24, 2.45) is 5.41 Å². The molecule has 2 heterocycles. The molecule has 1 aliphatic heterocycles. The maximum Gasteiger partial charge on any atom is 0.311 e. The van der Waals surface area contributed by atoms with E-state index in [1.807, 2.05) is 16.8 Å². The molecule has 1 aromatic rings. The number of halogens is 1. The lowest BCUT2D eigenvalue weighted by molar-refractivity contribution is -0.150. The normalized spacial score (nSPS) is 25.9. The van der Waals surface area contributed by atoms with Gasteiger partial charge in [0.1, 0.15) is 5.69 Å². The molecule has 2 aliphatic rings. The van der Waals surface area contributed by atoms with E-state index in [0.717, 1.165) is 23.7 Å². The maximum atomic E-state index is 12.8. The molecule has 1 aliphatic carbocycles. The van der Waals surface area contributed by atoms with Crippen LogP contribution in [0.2, 0.25) is 0 Å². The number of piperidine rings is 1. The second-order valence-corrected chi connectivity index (χ2v) is 7.29. The molecular weight excluding hydrogens is 336 g/mol. The quantitative estimate of drug-likeness (QED) is 0.907. The van der Waals surface area contributed by atoms with Crippen LogP contribution in [-0.4, -0.2) is 39.5 Å². The fraction of sp³-hybridized carbons (Fsp3) is 0.600. The van der Waals surface area contributed by atoms with Crippen LogP contribution in [0, 0.1) is 5.41 Å². The number of hydrogen-bond acceptors (Lipinski definition) is 2. The number of aromatic nitrogens is 1. The van der Waals surface area contributed by atoms with Crippen LogP contribution in [0.15, 0.2) is 16.7 Å². The molecule has 3 rings (SSSR count). The monoisotopic (exact) mass is 354 g/mol. The van der Waals surface area contributed by atoms with Crippen LogP contribution in [0.25, 0.3) is 0 Å². The zero-order valence-corrected chi connectivity index (χ0v) is 13.6. The highest BCUT2D eigenvalue weighted by Crippen LogP contribution is 2.38. The van der Waals surface area contributed by atoms with Crippen molar-refractivity contribution in [1.82, 2.24) is 9.47 Å². The number of amides is 1. The molecule has 5 nitrogen and oxygen atoms in total. The number of aliphatic carboxylic acids is 1. The second-order valence-electron chi connectivity index (χ2n) is 6.38. The predicted molar refractivity (Wildman–Crippen MR) is 81.3 cm³/mol. The summed E-state index contributed by atoms with van der Waals surface area (Å²) >= 11 is 3.43. The minimum atomic E-state index is -0.831. The predicted octanol–water partition coefficient (Wildman–Crippen LogP) is 2.91. The van der Waals surface area contributed by atoms with Crippen LogP contribution >= 0.6 is 15.9 Å². The molecule has 1 saturated carbocycles. The van der Waals surface area contributed by atoms with Crippen LogP contribution < -0.4 is 0 Å². The summed E-state index contributed by atoms with van der Waals surface area (Å²) in [5.74, 6) is -0.876. The molecule has 1 amide bonds. The van der Waals surface area contributed by atoms with E-state index in [1.54, 1.807) is 11.8 Å². The summed E-state index contributed by atoms with van der Waals surface area (Å²) in [7, 11) is 0. The molecule has 0 radical (unpaired) electrons. The van der Waals surface area contributed by atoms with Gasteiger partial charge in [0.15, 0.2) is 0 Å². The first kappa shape index (κ1) is 14.6. The van der Waals surface area contributed by atoms with Gasteiger partial charge in [-0.05, 0) is 54.6 Å². The average Bonchev–Trinajstić information content (AvgIpc) is 3.21. The number of likely N-dealkylation sites (tertiary alicyclic amines) is 1. The van der Waals surface area contributed by atoms with Gasteiger partial charge in [0.05, 0.1) is 5.41 Å². The van der Waals surface area contributed by atoms with Crippen molar-refractivity contribution < 1.29 is 14.7 Å². The molecule has 21 heavy (non-hydrogen) atoms. The van der Waals surface area contributed by atoms with Crippen LogP contribution in [0.1, 0.15) is 49.1 Å². The van der Waals surface area contributed by atoms with E-state index in [9.17, 15) is 14.7 Å². The Hall–Kier alpha value is -1.30. The lowest BCUT2D eigenvalue weighted by atomic mass is 9.82. The Morgan fingerprint density at radius 1 is 1.43 bits per heavy atom. The van der Waals surface area contributed by atoms with Crippen molar-refractivity contribution in [3.63, 3.8) is 0 Å². The Morgan fingerprint density at radius 2 is 2.14 bits per heavy atom. The van der Waals surface area contributed by atoms with Crippen molar-refractivity contribution in [3.8, 4) is 0 Å². The fourth-order valence-corrected chi connectivity index (χ4v) is 3.46. The molecule has 1 unspecified atom stereocenters. The zero-order chi connectivity index (χ0) is 15.2. The first-order chi connectivity index (χ1) is 9.90. The van der Waals surface area contributed by atoms with Gasteiger partial charge in [-0.2, -0.15) is 0 Å². The van der Waals surface area contributed by atoms with Gasteiger partial charge in [-0.3, -0.25) is 9.59 Å². The molecule has 2 fully saturated rings. The van der Waals surface area contributed by atoms with Crippen molar-refractivity contribution >= 4 is 27.8 Å². The van der Waals surface area contributed by atoms with Gasteiger partial charge in [0.25, 0.3) is 5.91 Å². The minimum absolute atomic E-state index is 0.0558. The van der Waals surface area contributed by atoms with Crippen molar-refractivity contribution in [2.75, 3.05) is 13.1 Å². The van der Waals surface area contributed by atoms with Crippen molar-refractivity contribution in [1.29, 1.82) is 0 Å². The molecule has 114 valence electrons. The average molecular weight is 355 g/mol. The minimum Gasteiger partial charge on any atom is -0.481 e. The Balaban J connectivity index is 1.83.